The first kappa shape index (κ1) is 26.3. The van der Waals surface area contributed by atoms with Crippen LogP contribution in [-0.4, -0.2) is 46.0 Å². The molecule has 0 heterocycles. The summed E-state index contributed by atoms with van der Waals surface area (Å²) < 4.78 is 0. The average Bonchev–Trinajstić information content (AvgIpc) is 2.69. The summed E-state index contributed by atoms with van der Waals surface area (Å²) in [5.41, 5.74) is -3.16. The summed E-state index contributed by atoms with van der Waals surface area (Å²) in [7, 11) is 0. The van der Waals surface area contributed by atoms with Crippen LogP contribution in [0.4, 0.5) is 0 Å². The minimum absolute atomic E-state index is 0. The van der Waals surface area contributed by atoms with Crippen molar-refractivity contribution in [2.24, 2.45) is 23.7 Å². The van der Waals surface area contributed by atoms with E-state index in [0.29, 0.717) is 12.8 Å². The Morgan fingerprint density at radius 2 is 1.52 bits per heavy atom. The fourth-order valence-electron chi connectivity index (χ4n) is 3.31. The Balaban J connectivity index is 0.00000676. The van der Waals surface area contributed by atoms with E-state index in [2.05, 4.69) is 0 Å². The zero-order valence-corrected chi connectivity index (χ0v) is 19.0. The van der Waals surface area contributed by atoms with E-state index in [1.165, 1.54) is 0 Å². The van der Waals surface area contributed by atoms with Crippen LogP contribution in [0.3, 0.4) is 0 Å². The molecule has 0 radical (unpaired) electrons. The van der Waals surface area contributed by atoms with E-state index in [4.69, 9.17) is 0 Å². The first-order valence-electron chi connectivity index (χ1n) is 9.65. The predicted molar refractivity (Wildman–Crippen MR) is 102 cm³/mol. The molecule has 0 saturated carbocycles. The van der Waals surface area contributed by atoms with Gasteiger partial charge in [-0.05, 0) is 36.2 Å². The Labute approximate surface area is 179 Å². The summed E-state index contributed by atoms with van der Waals surface area (Å²) in [5, 5.41) is 26.2. The van der Waals surface area contributed by atoms with Gasteiger partial charge in [-0.15, -0.1) is 5.76 Å². The van der Waals surface area contributed by atoms with Crippen LogP contribution in [0.1, 0.15) is 73.6 Å². The van der Waals surface area contributed by atoms with Gasteiger partial charge in [0, 0.05) is 24.3 Å². The first-order valence-corrected chi connectivity index (χ1v) is 9.65. The third-order valence-corrected chi connectivity index (χ3v) is 4.89. The van der Waals surface area contributed by atoms with Crippen molar-refractivity contribution in [2.45, 2.75) is 79.2 Å². The van der Waals surface area contributed by atoms with Crippen LogP contribution in [-0.2, 0) is 14.4 Å². The largest absolute Gasteiger partial charge is 2.00 e. The van der Waals surface area contributed by atoms with Crippen molar-refractivity contribution in [2.75, 3.05) is 0 Å². The van der Waals surface area contributed by atoms with Crippen molar-refractivity contribution in [1.29, 1.82) is 0 Å². The SMILES string of the molecule is CC(C)CCC(=O)[C@@]1([O-])C([O-])=C(C(=O)CC(C)C)C(=O)[C@@H]1CCC(C)C.[Mg+2]. The van der Waals surface area contributed by atoms with Crippen molar-refractivity contribution in [3.05, 3.63) is 11.3 Å². The molecule has 0 aliphatic heterocycles. The first-order chi connectivity index (χ1) is 11.9. The van der Waals surface area contributed by atoms with Crippen LogP contribution in [0.15, 0.2) is 11.3 Å². The molecule has 0 saturated heterocycles. The zero-order chi connectivity index (χ0) is 20.2. The van der Waals surface area contributed by atoms with Gasteiger partial charge in [-0.25, -0.2) is 0 Å². The van der Waals surface area contributed by atoms with E-state index >= 15 is 0 Å². The second-order valence-corrected chi connectivity index (χ2v) is 8.70. The number of rotatable bonds is 10. The van der Waals surface area contributed by atoms with E-state index in [1.54, 1.807) is 13.8 Å². The van der Waals surface area contributed by atoms with Crippen molar-refractivity contribution in [3.8, 4) is 0 Å². The zero-order valence-electron chi connectivity index (χ0n) is 17.6. The number of hydrogen-bond donors (Lipinski definition) is 0. The molecule has 6 heteroatoms. The molecule has 2 atom stereocenters. The average molecular weight is 389 g/mol. The van der Waals surface area contributed by atoms with Gasteiger partial charge < -0.3 is 15.0 Å². The maximum atomic E-state index is 13.4. The van der Waals surface area contributed by atoms with E-state index in [9.17, 15) is 24.6 Å². The molecule has 0 unspecified atom stereocenters. The molecule has 27 heavy (non-hydrogen) atoms. The predicted octanol–water partition coefficient (Wildman–Crippen LogP) is 1.57. The van der Waals surface area contributed by atoms with E-state index in [1.807, 2.05) is 27.7 Å². The molecule has 5 nitrogen and oxygen atoms in total. The van der Waals surface area contributed by atoms with Gasteiger partial charge in [0.2, 0.25) is 0 Å². The quantitative estimate of drug-likeness (QED) is 0.418. The Hall–Kier alpha value is -0.724. The molecule has 1 aliphatic carbocycles. The standard InChI is InChI=1S/C21H33O5.Mg/c1-12(2)7-9-15-19(24)18(16(22)11-14(5)6)20(25)21(15,26)17(23)10-8-13(3)4;/h12-15,25H,7-11H2,1-6H3;/q-1;+2/p-1/t15-,21+;/m0./s1. The maximum Gasteiger partial charge on any atom is 2.00 e. The third-order valence-electron chi connectivity index (χ3n) is 4.89. The molecular formula is C21H32MgO5. The third kappa shape index (κ3) is 6.13. The van der Waals surface area contributed by atoms with Gasteiger partial charge in [0.05, 0.1) is 0 Å². The topological polar surface area (TPSA) is 97.3 Å². The van der Waals surface area contributed by atoms with Gasteiger partial charge in [0.25, 0.3) is 0 Å². The molecule has 0 spiro atoms. The Bertz CT molecular complexity index is 591. The Morgan fingerprint density at radius 1 is 1.00 bits per heavy atom. The monoisotopic (exact) mass is 388 g/mol. The van der Waals surface area contributed by atoms with Crippen LogP contribution in [0.5, 0.6) is 0 Å². The summed E-state index contributed by atoms with van der Waals surface area (Å²) in [4.78, 5) is 37.8. The second-order valence-electron chi connectivity index (χ2n) is 8.70. The molecule has 0 amide bonds. The summed E-state index contributed by atoms with van der Waals surface area (Å²) in [5.74, 6) is -4.00. The van der Waals surface area contributed by atoms with Crippen LogP contribution < -0.4 is 10.2 Å². The molecule has 0 aromatic rings. The molecule has 0 aromatic carbocycles. The fraction of sp³-hybridized carbons (Fsp3) is 0.762. The van der Waals surface area contributed by atoms with Gasteiger partial charge in [-0.1, -0.05) is 48.0 Å². The number of hydrogen-bond acceptors (Lipinski definition) is 5. The maximum absolute atomic E-state index is 13.4. The van der Waals surface area contributed by atoms with Crippen LogP contribution in [0, 0.1) is 23.7 Å². The fourth-order valence-corrected chi connectivity index (χ4v) is 3.31. The van der Waals surface area contributed by atoms with Gasteiger partial charge in [-0.2, -0.15) is 0 Å². The molecular weight excluding hydrogens is 357 g/mol. The summed E-state index contributed by atoms with van der Waals surface area (Å²) >= 11 is 0. The summed E-state index contributed by atoms with van der Waals surface area (Å²) in [6.45, 7) is 11.3. The second kappa shape index (κ2) is 10.7. The summed E-state index contributed by atoms with van der Waals surface area (Å²) in [6.07, 6.45) is 1.19. The van der Waals surface area contributed by atoms with Gasteiger partial charge in [0.15, 0.2) is 11.6 Å². The molecule has 1 aliphatic rings. The molecule has 0 N–H and O–H groups in total. The van der Waals surface area contributed by atoms with Gasteiger partial charge >= 0.3 is 23.1 Å². The number of allylic oxidation sites excluding steroid dienone is 1. The number of ketones is 3. The van der Waals surface area contributed by atoms with Crippen molar-refractivity contribution in [3.63, 3.8) is 0 Å². The van der Waals surface area contributed by atoms with E-state index in [0.717, 1.165) is 0 Å². The minimum Gasteiger partial charge on any atom is -0.875 e. The van der Waals surface area contributed by atoms with Crippen LogP contribution >= 0.6 is 0 Å². The Kier molecular flexibility index (Phi) is 10.4. The van der Waals surface area contributed by atoms with E-state index < -0.39 is 40.2 Å². The van der Waals surface area contributed by atoms with Crippen LogP contribution in [0.2, 0.25) is 0 Å². The smallest absolute Gasteiger partial charge is 0.875 e. The van der Waals surface area contributed by atoms with Crippen molar-refractivity contribution in [1.82, 2.24) is 0 Å². The minimum atomic E-state index is -2.62. The molecule has 0 aromatic heterocycles. The molecule has 0 bridgehead atoms. The van der Waals surface area contributed by atoms with Crippen LogP contribution in [0.25, 0.3) is 0 Å². The van der Waals surface area contributed by atoms with Gasteiger partial charge in [-0.3, -0.25) is 9.59 Å². The number of carbonyl (C=O) groups excluding carboxylic acids is 3. The van der Waals surface area contributed by atoms with Gasteiger partial charge in [0.1, 0.15) is 5.78 Å². The molecule has 1 rings (SSSR count). The van der Waals surface area contributed by atoms with Crippen molar-refractivity contribution < 1.29 is 24.6 Å². The van der Waals surface area contributed by atoms with Crippen molar-refractivity contribution >= 4 is 40.4 Å². The number of carbonyl (C=O) groups is 3. The molecule has 148 valence electrons. The number of Topliss-reactive ketones (excluding diaryl/α,β-unsaturated/α-hetero) is 3. The normalized spacial score (nSPS) is 22.7. The summed E-state index contributed by atoms with van der Waals surface area (Å²) in [6, 6.07) is 0. The molecule has 0 fully saturated rings. The Morgan fingerprint density at radius 3 is 1.96 bits per heavy atom. The van der Waals surface area contributed by atoms with E-state index in [-0.39, 0.29) is 60.1 Å².